The summed E-state index contributed by atoms with van der Waals surface area (Å²) in [6, 6.07) is 5.53. The number of aryl methyl sites for hydroxylation is 1. The van der Waals surface area contributed by atoms with Crippen LogP contribution in [-0.2, 0) is 4.74 Å². The normalized spacial score (nSPS) is 9.63. The van der Waals surface area contributed by atoms with E-state index in [0.717, 1.165) is 24.9 Å². The fourth-order valence-corrected chi connectivity index (χ4v) is 1.63. The van der Waals surface area contributed by atoms with Gasteiger partial charge in [0, 0.05) is 0 Å². The summed E-state index contributed by atoms with van der Waals surface area (Å²) in [7, 11) is 3.30. The minimum absolute atomic E-state index is 0. The lowest BCUT2D eigenvalue weighted by Gasteiger charge is -2.11. The highest BCUT2D eigenvalue weighted by molar-refractivity contribution is 5.92. The number of esters is 1. The number of nitrogens with one attached hydrogen (secondary N) is 1. The van der Waals surface area contributed by atoms with Gasteiger partial charge in [0.05, 0.1) is 13.7 Å². The number of benzene rings is 1. The maximum atomic E-state index is 11.6. The van der Waals surface area contributed by atoms with Crippen molar-refractivity contribution in [2.24, 2.45) is 0 Å². The number of hydrogen-bond donors (Lipinski definition) is 1. The highest BCUT2D eigenvalue weighted by atomic mass is 35.5. The second-order valence-corrected chi connectivity index (χ2v) is 4.15. The van der Waals surface area contributed by atoms with Gasteiger partial charge in [-0.3, -0.25) is 0 Å². The predicted molar refractivity (Wildman–Crippen MR) is 78.4 cm³/mol. The summed E-state index contributed by atoms with van der Waals surface area (Å²) >= 11 is 0. The molecule has 0 saturated heterocycles. The Morgan fingerprint density at radius 3 is 2.68 bits per heavy atom. The van der Waals surface area contributed by atoms with E-state index in [1.54, 1.807) is 6.07 Å². The summed E-state index contributed by atoms with van der Waals surface area (Å²) in [5.74, 6) is 0.237. The molecule has 108 valence electrons. The Bertz CT molecular complexity index is 396. The van der Waals surface area contributed by atoms with E-state index in [-0.39, 0.29) is 18.4 Å². The third-order valence-corrected chi connectivity index (χ3v) is 2.62. The number of methoxy groups -OCH3 is 1. The number of carbonyl (C=O) groups is 1. The highest BCUT2D eigenvalue weighted by Crippen LogP contribution is 2.21. The molecule has 1 aromatic carbocycles. The van der Waals surface area contributed by atoms with Gasteiger partial charge in [0.2, 0.25) is 0 Å². The van der Waals surface area contributed by atoms with Crippen molar-refractivity contribution in [3.8, 4) is 5.75 Å². The van der Waals surface area contributed by atoms with Crippen LogP contribution in [0.25, 0.3) is 0 Å². The van der Waals surface area contributed by atoms with Crippen molar-refractivity contribution in [3.05, 3.63) is 29.3 Å². The van der Waals surface area contributed by atoms with Crippen molar-refractivity contribution >= 4 is 18.4 Å². The predicted octanol–water partition coefficient (Wildman–Crippen LogP) is 2.58. The number of ether oxygens (including phenoxy) is 2. The SMILES string of the molecule is CNCCCCOc1ccc(C)cc1C(=O)OC.Cl. The third-order valence-electron chi connectivity index (χ3n) is 2.62. The Morgan fingerprint density at radius 1 is 1.32 bits per heavy atom. The second-order valence-electron chi connectivity index (χ2n) is 4.15. The molecule has 0 unspecified atom stereocenters. The molecule has 0 fully saturated rings. The van der Waals surface area contributed by atoms with Crippen LogP contribution in [0, 0.1) is 6.92 Å². The second kappa shape index (κ2) is 9.64. The standard InChI is InChI=1S/C14H21NO3.ClH/c1-11-6-7-13(12(10-11)14(16)17-3)18-9-5-4-8-15-2;/h6-7,10,15H,4-5,8-9H2,1-3H3;1H. The average Bonchev–Trinajstić information content (AvgIpc) is 2.39. The molecular weight excluding hydrogens is 266 g/mol. The van der Waals surface area contributed by atoms with Gasteiger partial charge in [0.1, 0.15) is 11.3 Å². The van der Waals surface area contributed by atoms with Gasteiger partial charge in [-0.25, -0.2) is 4.79 Å². The van der Waals surface area contributed by atoms with Crippen LogP contribution in [-0.4, -0.2) is 33.3 Å². The first-order valence-corrected chi connectivity index (χ1v) is 6.15. The van der Waals surface area contributed by atoms with Crippen LogP contribution in [0.4, 0.5) is 0 Å². The van der Waals surface area contributed by atoms with Gasteiger partial charge >= 0.3 is 5.97 Å². The van der Waals surface area contributed by atoms with E-state index in [1.165, 1.54) is 7.11 Å². The number of halogens is 1. The molecule has 0 atom stereocenters. The zero-order valence-corrected chi connectivity index (χ0v) is 12.5. The Kier molecular flexibility index (Phi) is 9.00. The molecule has 4 nitrogen and oxygen atoms in total. The molecule has 19 heavy (non-hydrogen) atoms. The van der Waals surface area contributed by atoms with Crippen LogP contribution in [0.3, 0.4) is 0 Å². The van der Waals surface area contributed by atoms with Crippen molar-refractivity contribution in [1.29, 1.82) is 0 Å². The van der Waals surface area contributed by atoms with E-state index < -0.39 is 0 Å². The van der Waals surface area contributed by atoms with Gasteiger partial charge in [-0.1, -0.05) is 11.6 Å². The van der Waals surface area contributed by atoms with E-state index in [4.69, 9.17) is 9.47 Å². The van der Waals surface area contributed by atoms with Gasteiger partial charge in [-0.2, -0.15) is 0 Å². The van der Waals surface area contributed by atoms with Crippen molar-refractivity contribution in [3.63, 3.8) is 0 Å². The minimum atomic E-state index is -0.357. The van der Waals surface area contributed by atoms with Gasteiger partial charge in [-0.05, 0) is 45.5 Å². The maximum absolute atomic E-state index is 11.6. The summed E-state index contributed by atoms with van der Waals surface area (Å²) in [6.07, 6.45) is 2.01. The number of unbranched alkanes of at least 4 members (excludes halogenated alkanes) is 1. The quantitative estimate of drug-likeness (QED) is 0.618. The van der Waals surface area contributed by atoms with Crippen molar-refractivity contribution in [2.75, 3.05) is 27.3 Å². The highest BCUT2D eigenvalue weighted by Gasteiger charge is 2.12. The Morgan fingerprint density at radius 2 is 2.05 bits per heavy atom. The zero-order chi connectivity index (χ0) is 13.4. The molecule has 0 radical (unpaired) electrons. The smallest absolute Gasteiger partial charge is 0.341 e. The number of hydrogen-bond acceptors (Lipinski definition) is 4. The van der Waals surface area contributed by atoms with Crippen molar-refractivity contribution in [2.45, 2.75) is 19.8 Å². The molecule has 0 aliphatic rings. The average molecular weight is 288 g/mol. The molecule has 0 bridgehead atoms. The summed E-state index contributed by atoms with van der Waals surface area (Å²) in [5, 5.41) is 3.08. The minimum Gasteiger partial charge on any atom is -0.493 e. The lowest BCUT2D eigenvalue weighted by atomic mass is 10.1. The summed E-state index contributed by atoms with van der Waals surface area (Å²) in [5.41, 5.74) is 1.50. The van der Waals surface area contributed by atoms with Crippen LogP contribution in [0.5, 0.6) is 5.75 Å². The van der Waals surface area contributed by atoms with Crippen LogP contribution < -0.4 is 10.1 Å². The Labute approximate surface area is 120 Å². The first-order valence-electron chi connectivity index (χ1n) is 6.15. The molecule has 0 aliphatic heterocycles. The number of carbonyl (C=O) groups excluding carboxylic acids is 1. The van der Waals surface area contributed by atoms with Gasteiger partial charge in [0.25, 0.3) is 0 Å². The molecule has 1 rings (SSSR count). The molecule has 0 heterocycles. The molecule has 0 spiro atoms. The number of rotatable bonds is 7. The third kappa shape index (κ3) is 5.94. The van der Waals surface area contributed by atoms with Gasteiger partial charge in [-0.15, -0.1) is 12.4 Å². The van der Waals surface area contributed by atoms with E-state index in [9.17, 15) is 4.79 Å². The van der Waals surface area contributed by atoms with Crippen molar-refractivity contribution in [1.82, 2.24) is 5.32 Å². The van der Waals surface area contributed by atoms with Crippen LogP contribution >= 0.6 is 12.4 Å². The molecule has 1 aromatic rings. The van der Waals surface area contributed by atoms with E-state index in [1.807, 2.05) is 26.1 Å². The van der Waals surface area contributed by atoms with Gasteiger partial charge in [0.15, 0.2) is 0 Å². The molecule has 0 aromatic heterocycles. The van der Waals surface area contributed by atoms with E-state index >= 15 is 0 Å². The maximum Gasteiger partial charge on any atom is 0.341 e. The van der Waals surface area contributed by atoms with Crippen molar-refractivity contribution < 1.29 is 14.3 Å². The lowest BCUT2D eigenvalue weighted by molar-refractivity contribution is 0.0596. The van der Waals surface area contributed by atoms with Crippen LogP contribution in [0.2, 0.25) is 0 Å². The molecular formula is C14H22ClNO3. The first-order chi connectivity index (χ1) is 8.69. The lowest BCUT2D eigenvalue weighted by Crippen LogP contribution is -2.10. The largest absolute Gasteiger partial charge is 0.493 e. The van der Waals surface area contributed by atoms with Gasteiger partial charge < -0.3 is 14.8 Å². The Hall–Kier alpha value is -1.26. The zero-order valence-electron chi connectivity index (χ0n) is 11.7. The first kappa shape index (κ1) is 17.7. The fourth-order valence-electron chi connectivity index (χ4n) is 1.63. The topological polar surface area (TPSA) is 47.6 Å². The summed E-state index contributed by atoms with van der Waals surface area (Å²) in [6.45, 7) is 3.51. The summed E-state index contributed by atoms with van der Waals surface area (Å²) < 4.78 is 10.4. The van der Waals surface area contributed by atoms with E-state index in [0.29, 0.717) is 17.9 Å². The summed E-state index contributed by atoms with van der Waals surface area (Å²) in [4.78, 5) is 11.6. The molecule has 0 saturated carbocycles. The van der Waals surface area contributed by atoms with Crippen LogP contribution in [0.15, 0.2) is 18.2 Å². The Balaban J connectivity index is 0.00000324. The monoisotopic (exact) mass is 287 g/mol. The fraction of sp³-hybridized carbons (Fsp3) is 0.500. The molecule has 5 heteroatoms. The molecule has 0 aliphatic carbocycles. The van der Waals surface area contributed by atoms with E-state index in [2.05, 4.69) is 5.32 Å². The molecule has 1 N–H and O–H groups in total. The molecule has 0 amide bonds. The van der Waals surface area contributed by atoms with Crippen LogP contribution in [0.1, 0.15) is 28.8 Å².